The lowest BCUT2D eigenvalue weighted by atomic mass is 10.1. The Labute approximate surface area is 174 Å². The van der Waals surface area contributed by atoms with Gasteiger partial charge >= 0.3 is 0 Å². The standard InChI is InChI=1S/C23H20ClN3O2/c24-18-5-9-20(10-6-18)29-12-11-27-15-17(21-3-1-2-4-22(21)27)13-16(14-25)23(28)26-19-7-8-19/h1-6,9-10,13,15,19H,7-8,11-12H2,(H,26,28)/b16-13+. The van der Waals surface area contributed by atoms with E-state index in [1.807, 2.05) is 48.7 Å². The number of halogens is 1. The van der Waals surface area contributed by atoms with E-state index >= 15 is 0 Å². The molecule has 6 heteroatoms. The van der Waals surface area contributed by atoms with Crippen molar-refractivity contribution in [1.82, 2.24) is 9.88 Å². The molecule has 1 amide bonds. The molecular formula is C23H20ClN3O2. The molecule has 146 valence electrons. The van der Waals surface area contributed by atoms with E-state index in [1.54, 1.807) is 18.2 Å². The van der Waals surface area contributed by atoms with E-state index in [1.165, 1.54) is 0 Å². The number of fused-ring (bicyclic) bond motifs is 1. The lowest BCUT2D eigenvalue weighted by molar-refractivity contribution is -0.117. The average molecular weight is 406 g/mol. The molecule has 2 aromatic carbocycles. The number of hydrogen-bond donors (Lipinski definition) is 1. The van der Waals surface area contributed by atoms with E-state index in [0.717, 1.165) is 35.1 Å². The largest absolute Gasteiger partial charge is 0.492 e. The van der Waals surface area contributed by atoms with E-state index in [0.29, 0.717) is 18.2 Å². The van der Waals surface area contributed by atoms with Crippen molar-refractivity contribution in [1.29, 1.82) is 5.26 Å². The lowest BCUT2D eigenvalue weighted by Gasteiger charge is -2.08. The predicted octanol–water partition coefficient (Wildman–Crippen LogP) is 4.56. The molecule has 0 spiro atoms. The Morgan fingerprint density at radius 2 is 2.00 bits per heavy atom. The minimum atomic E-state index is -0.307. The number of nitriles is 1. The van der Waals surface area contributed by atoms with Gasteiger partial charge in [0.15, 0.2) is 0 Å². The van der Waals surface area contributed by atoms with Gasteiger partial charge in [0.2, 0.25) is 0 Å². The summed E-state index contributed by atoms with van der Waals surface area (Å²) in [5.74, 6) is 0.451. The Bertz CT molecular complexity index is 1110. The molecule has 0 saturated heterocycles. The monoisotopic (exact) mass is 405 g/mol. The van der Waals surface area contributed by atoms with Crippen molar-refractivity contribution in [3.05, 3.63) is 70.9 Å². The van der Waals surface area contributed by atoms with Crippen molar-refractivity contribution >= 4 is 34.5 Å². The van der Waals surface area contributed by atoms with Gasteiger partial charge in [0, 0.05) is 33.7 Å². The summed E-state index contributed by atoms with van der Waals surface area (Å²) in [6.45, 7) is 1.11. The zero-order chi connectivity index (χ0) is 20.2. The Kier molecular flexibility index (Phi) is 5.55. The van der Waals surface area contributed by atoms with E-state index in [2.05, 4.69) is 9.88 Å². The summed E-state index contributed by atoms with van der Waals surface area (Å²) in [6, 6.07) is 17.4. The summed E-state index contributed by atoms with van der Waals surface area (Å²) in [5, 5.41) is 14.0. The highest BCUT2D eigenvalue weighted by atomic mass is 35.5. The number of aromatic nitrogens is 1. The van der Waals surface area contributed by atoms with E-state index in [9.17, 15) is 10.1 Å². The fourth-order valence-electron chi connectivity index (χ4n) is 3.16. The maximum absolute atomic E-state index is 12.3. The van der Waals surface area contributed by atoms with Crippen LogP contribution in [0.25, 0.3) is 17.0 Å². The summed E-state index contributed by atoms with van der Waals surface area (Å²) in [7, 11) is 0. The topological polar surface area (TPSA) is 67.0 Å². The van der Waals surface area contributed by atoms with Gasteiger partial charge in [-0.1, -0.05) is 29.8 Å². The van der Waals surface area contributed by atoms with Crippen LogP contribution in [0.4, 0.5) is 0 Å². The molecule has 1 aliphatic carbocycles. The second-order valence-electron chi connectivity index (χ2n) is 7.01. The SMILES string of the molecule is N#C/C(=C\c1cn(CCOc2ccc(Cl)cc2)c2ccccc12)C(=O)NC1CC1. The highest BCUT2D eigenvalue weighted by Gasteiger charge is 2.24. The van der Waals surface area contributed by atoms with Gasteiger partial charge in [-0.05, 0) is 49.2 Å². The van der Waals surface area contributed by atoms with Crippen LogP contribution < -0.4 is 10.1 Å². The number of carbonyl (C=O) groups is 1. The summed E-state index contributed by atoms with van der Waals surface area (Å²) in [5.41, 5.74) is 1.99. The molecule has 0 bridgehead atoms. The minimum absolute atomic E-state index is 0.122. The highest BCUT2D eigenvalue weighted by molar-refractivity contribution is 6.30. The Balaban J connectivity index is 1.54. The molecule has 1 aromatic heterocycles. The first-order chi connectivity index (χ1) is 14.1. The van der Waals surface area contributed by atoms with E-state index in [-0.39, 0.29) is 17.5 Å². The van der Waals surface area contributed by atoms with E-state index < -0.39 is 0 Å². The first-order valence-corrected chi connectivity index (χ1v) is 9.91. The first kappa shape index (κ1) is 19.1. The summed E-state index contributed by atoms with van der Waals surface area (Å²) in [4.78, 5) is 12.3. The zero-order valence-corrected chi connectivity index (χ0v) is 16.5. The Morgan fingerprint density at radius 3 is 2.72 bits per heavy atom. The predicted molar refractivity (Wildman–Crippen MR) is 114 cm³/mol. The van der Waals surface area contributed by atoms with Gasteiger partial charge in [-0.15, -0.1) is 0 Å². The molecule has 1 heterocycles. The fraction of sp³-hybridized carbons (Fsp3) is 0.217. The minimum Gasteiger partial charge on any atom is -0.492 e. The molecule has 0 aliphatic heterocycles. The molecule has 1 aliphatic rings. The maximum atomic E-state index is 12.3. The molecule has 0 atom stereocenters. The summed E-state index contributed by atoms with van der Waals surface area (Å²) < 4.78 is 7.88. The molecule has 5 nitrogen and oxygen atoms in total. The number of benzene rings is 2. The van der Waals surface area contributed by atoms with Crippen LogP contribution in [-0.4, -0.2) is 23.1 Å². The third-order valence-corrected chi connectivity index (χ3v) is 5.06. The molecule has 0 unspecified atom stereocenters. The third kappa shape index (κ3) is 4.61. The molecule has 1 N–H and O–H groups in total. The number of nitrogens with zero attached hydrogens (tertiary/aromatic N) is 2. The zero-order valence-electron chi connectivity index (χ0n) is 15.8. The molecule has 0 radical (unpaired) electrons. The fourth-order valence-corrected chi connectivity index (χ4v) is 3.29. The quantitative estimate of drug-likeness (QED) is 0.463. The van der Waals surface area contributed by atoms with E-state index in [4.69, 9.17) is 16.3 Å². The number of carbonyl (C=O) groups excluding carboxylic acids is 1. The van der Waals surface area contributed by atoms with Crippen molar-refractivity contribution in [3.8, 4) is 11.8 Å². The van der Waals surface area contributed by atoms with Gasteiger partial charge < -0.3 is 14.6 Å². The molecule has 4 rings (SSSR count). The maximum Gasteiger partial charge on any atom is 0.262 e. The third-order valence-electron chi connectivity index (χ3n) is 4.81. The average Bonchev–Trinajstić information content (AvgIpc) is 3.48. The second kappa shape index (κ2) is 8.42. The lowest BCUT2D eigenvalue weighted by Crippen LogP contribution is -2.26. The van der Waals surface area contributed by atoms with Gasteiger partial charge in [0.1, 0.15) is 24.0 Å². The smallest absolute Gasteiger partial charge is 0.262 e. The van der Waals surface area contributed by atoms with Crippen LogP contribution in [0.15, 0.2) is 60.3 Å². The van der Waals surface area contributed by atoms with Crippen LogP contribution in [0.2, 0.25) is 5.02 Å². The highest BCUT2D eigenvalue weighted by Crippen LogP contribution is 2.25. The van der Waals surface area contributed by atoms with Gasteiger partial charge in [0.25, 0.3) is 5.91 Å². The van der Waals surface area contributed by atoms with Crippen molar-refractivity contribution in [2.75, 3.05) is 6.61 Å². The summed E-state index contributed by atoms with van der Waals surface area (Å²) >= 11 is 5.90. The van der Waals surface area contributed by atoms with Crippen LogP contribution in [0.3, 0.4) is 0 Å². The van der Waals surface area contributed by atoms with Gasteiger partial charge in [-0.2, -0.15) is 5.26 Å². The molecule has 1 fully saturated rings. The Morgan fingerprint density at radius 1 is 1.24 bits per heavy atom. The normalized spacial score (nSPS) is 13.9. The molecule has 29 heavy (non-hydrogen) atoms. The number of ether oxygens (including phenoxy) is 1. The number of rotatable bonds is 7. The second-order valence-corrected chi connectivity index (χ2v) is 7.45. The van der Waals surface area contributed by atoms with Crippen LogP contribution in [0.1, 0.15) is 18.4 Å². The molecular weight excluding hydrogens is 386 g/mol. The first-order valence-electron chi connectivity index (χ1n) is 9.53. The van der Waals surface area contributed by atoms with Crippen molar-refractivity contribution in [2.45, 2.75) is 25.4 Å². The number of hydrogen-bond acceptors (Lipinski definition) is 3. The van der Waals surface area contributed by atoms with Gasteiger partial charge in [-0.25, -0.2) is 0 Å². The molecule has 1 saturated carbocycles. The number of para-hydroxylation sites is 1. The van der Waals surface area contributed by atoms with Crippen molar-refractivity contribution < 1.29 is 9.53 Å². The van der Waals surface area contributed by atoms with Crippen LogP contribution in [0, 0.1) is 11.3 Å². The molecule has 3 aromatic rings. The van der Waals surface area contributed by atoms with Gasteiger partial charge in [0.05, 0.1) is 6.54 Å². The van der Waals surface area contributed by atoms with Crippen molar-refractivity contribution in [2.24, 2.45) is 0 Å². The summed E-state index contributed by atoms with van der Waals surface area (Å²) in [6.07, 6.45) is 5.59. The van der Waals surface area contributed by atoms with Crippen LogP contribution >= 0.6 is 11.6 Å². The van der Waals surface area contributed by atoms with Crippen LogP contribution in [0.5, 0.6) is 5.75 Å². The Hall–Kier alpha value is -3.23. The van der Waals surface area contributed by atoms with Crippen LogP contribution in [-0.2, 0) is 11.3 Å². The van der Waals surface area contributed by atoms with Crippen molar-refractivity contribution in [3.63, 3.8) is 0 Å². The van der Waals surface area contributed by atoms with Gasteiger partial charge in [-0.3, -0.25) is 4.79 Å². The number of nitrogens with one attached hydrogen (secondary N) is 1. The number of amides is 1.